The fourth-order valence-corrected chi connectivity index (χ4v) is 4.53. The lowest BCUT2D eigenvalue weighted by Crippen LogP contribution is -2.45. The molecule has 3 amide bonds. The number of hydrogen-bond acceptors (Lipinski definition) is 5. The van der Waals surface area contributed by atoms with Crippen LogP contribution in [0.25, 0.3) is 0 Å². The zero-order valence-electron chi connectivity index (χ0n) is 22.4. The minimum absolute atomic E-state index is 0.0205. The van der Waals surface area contributed by atoms with Gasteiger partial charge in [0.25, 0.3) is 0 Å². The number of carbonyl (C=O) groups is 2. The van der Waals surface area contributed by atoms with E-state index in [0.29, 0.717) is 25.4 Å². The van der Waals surface area contributed by atoms with Gasteiger partial charge in [-0.05, 0) is 55.2 Å². The number of hydrogen-bond donors (Lipinski definition) is 1. The number of rotatable bonds is 11. The monoisotopic (exact) mass is 518 g/mol. The van der Waals surface area contributed by atoms with E-state index in [9.17, 15) is 9.59 Å². The number of ether oxygens (including phenoxy) is 1. The Hall–Kier alpha value is -3.62. The summed E-state index contributed by atoms with van der Waals surface area (Å²) in [5.74, 6) is 0.570. The van der Waals surface area contributed by atoms with Crippen molar-refractivity contribution in [3.8, 4) is 0 Å². The highest BCUT2D eigenvalue weighted by Crippen LogP contribution is 2.19. The highest BCUT2D eigenvalue weighted by atomic mass is 16.5. The number of anilines is 1. The van der Waals surface area contributed by atoms with Gasteiger partial charge in [-0.3, -0.25) is 9.69 Å². The van der Waals surface area contributed by atoms with Crippen molar-refractivity contribution in [2.45, 2.75) is 33.4 Å². The molecule has 4 rings (SSSR count). The van der Waals surface area contributed by atoms with Crippen LogP contribution in [0, 0.1) is 13.8 Å². The predicted octanol–water partition coefficient (Wildman–Crippen LogP) is 4.68. The lowest BCUT2D eigenvalue weighted by Gasteiger charge is -2.30. The van der Waals surface area contributed by atoms with Crippen molar-refractivity contribution in [1.29, 1.82) is 0 Å². The molecule has 2 heterocycles. The van der Waals surface area contributed by atoms with E-state index < -0.39 is 0 Å². The highest BCUT2D eigenvalue weighted by molar-refractivity contribution is 5.93. The van der Waals surface area contributed by atoms with Gasteiger partial charge in [0.1, 0.15) is 12.3 Å². The van der Waals surface area contributed by atoms with Gasteiger partial charge in [0.15, 0.2) is 0 Å². The number of aryl methyl sites for hydroxylation is 1. The molecule has 1 N–H and O–H groups in total. The maximum Gasteiger partial charge on any atom is 0.322 e. The van der Waals surface area contributed by atoms with E-state index >= 15 is 0 Å². The van der Waals surface area contributed by atoms with E-state index in [1.54, 1.807) is 16.1 Å². The second-order valence-electron chi connectivity index (χ2n) is 9.72. The van der Waals surface area contributed by atoms with Crippen molar-refractivity contribution in [2.75, 3.05) is 51.3 Å². The topological polar surface area (TPSA) is 78.3 Å². The Balaban J connectivity index is 1.47. The maximum absolute atomic E-state index is 13.7. The van der Waals surface area contributed by atoms with Crippen molar-refractivity contribution in [2.24, 2.45) is 0 Å². The minimum atomic E-state index is -0.272. The van der Waals surface area contributed by atoms with Crippen molar-refractivity contribution < 1.29 is 18.7 Å². The fraction of sp³-hybridized carbons (Fsp3) is 0.400. The van der Waals surface area contributed by atoms with Gasteiger partial charge in [-0.2, -0.15) is 0 Å². The first-order chi connectivity index (χ1) is 18.5. The highest BCUT2D eigenvalue weighted by Gasteiger charge is 2.23. The van der Waals surface area contributed by atoms with E-state index in [1.807, 2.05) is 74.5 Å². The molecule has 1 aliphatic heterocycles. The first-order valence-electron chi connectivity index (χ1n) is 13.3. The van der Waals surface area contributed by atoms with Crippen molar-refractivity contribution >= 4 is 17.6 Å². The summed E-state index contributed by atoms with van der Waals surface area (Å²) in [6.07, 6.45) is 2.38. The Kier molecular flexibility index (Phi) is 9.95. The zero-order valence-corrected chi connectivity index (χ0v) is 22.4. The first-order valence-corrected chi connectivity index (χ1v) is 13.3. The lowest BCUT2D eigenvalue weighted by atomic mass is 10.1. The molecule has 3 aromatic rings. The van der Waals surface area contributed by atoms with Crippen LogP contribution in [-0.2, 0) is 22.6 Å². The van der Waals surface area contributed by atoms with Gasteiger partial charge in [-0.1, -0.05) is 42.5 Å². The molecular formula is C30H38N4O4. The summed E-state index contributed by atoms with van der Waals surface area (Å²) in [4.78, 5) is 32.9. The van der Waals surface area contributed by atoms with Gasteiger partial charge in [-0.25, -0.2) is 4.79 Å². The van der Waals surface area contributed by atoms with Crippen LogP contribution in [0.2, 0.25) is 0 Å². The third-order valence-electron chi connectivity index (χ3n) is 6.96. The fourth-order valence-electron chi connectivity index (χ4n) is 4.53. The quantitative estimate of drug-likeness (QED) is 0.399. The van der Waals surface area contributed by atoms with Gasteiger partial charge in [0.2, 0.25) is 5.91 Å². The Morgan fingerprint density at radius 2 is 1.71 bits per heavy atom. The maximum atomic E-state index is 13.7. The Morgan fingerprint density at radius 1 is 0.921 bits per heavy atom. The Labute approximate surface area is 225 Å². The smallest absolute Gasteiger partial charge is 0.322 e. The summed E-state index contributed by atoms with van der Waals surface area (Å²) in [6.45, 7) is 9.32. The molecule has 202 valence electrons. The van der Waals surface area contributed by atoms with Gasteiger partial charge in [0.05, 0.1) is 26.0 Å². The average molecular weight is 519 g/mol. The molecule has 8 nitrogen and oxygen atoms in total. The van der Waals surface area contributed by atoms with E-state index in [4.69, 9.17) is 9.15 Å². The van der Waals surface area contributed by atoms with Crippen LogP contribution in [0.5, 0.6) is 0 Å². The molecule has 1 aliphatic rings. The van der Waals surface area contributed by atoms with E-state index in [2.05, 4.69) is 10.2 Å². The summed E-state index contributed by atoms with van der Waals surface area (Å²) >= 11 is 0. The van der Waals surface area contributed by atoms with Gasteiger partial charge in [0, 0.05) is 38.4 Å². The second kappa shape index (κ2) is 13.8. The number of benzene rings is 2. The number of furan rings is 1. The molecule has 0 aliphatic carbocycles. The third-order valence-corrected chi connectivity index (χ3v) is 6.96. The minimum Gasteiger partial charge on any atom is -0.467 e. The standard InChI is InChI=1S/C30H38N4O4/c1-24-9-6-13-28(25(24)2)31-30(36)33(15-8-14-32-16-19-37-20-17-32)23-29(35)34(22-27-12-7-18-38-27)21-26-10-4-3-5-11-26/h3-7,9-13,18H,8,14-17,19-23H2,1-2H3,(H,31,36). The van der Waals surface area contributed by atoms with Crippen LogP contribution in [0.3, 0.4) is 0 Å². The molecule has 38 heavy (non-hydrogen) atoms. The zero-order chi connectivity index (χ0) is 26.7. The second-order valence-corrected chi connectivity index (χ2v) is 9.72. The molecule has 0 spiro atoms. The number of carbonyl (C=O) groups excluding carboxylic acids is 2. The van der Waals surface area contributed by atoms with Crippen LogP contribution >= 0.6 is 0 Å². The SMILES string of the molecule is Cc1cccc(NC(=O)N(CCCN2CCOCC2)CC(=O)N(Cc2ccccc2)Cc2ccco2)c1C. The van der Waals surface area contributed by atoms with Gasteiger partial charge < -0.3 is 24.3 Å². The Bertz CT molecular complexity index is 1160. The molecule has 2 aromatic carbocycles. The summed E-state index contributed by atoms with van der Waals surface area (Å²) in [5.41, 5.74) is 3.90. The molecule has 1 saturated heterocycles. The summed E-state index contributed by atoms with van der Waals surface area (Å²) < 4.78 is 11.0. The first kappa shape index (κ1) is 27.4. The molecule has 1 aromatic heterocycles. The summed E-state index contributed by atoms with van der Waals surface area (Å²) in [6, 6.07) is 19.1. The van der Waals surface area contributed by atoms with E-state index in [0.717, 1.165) is 61.6 Å². The number of amides is 3. The molecule has 0 bridgehead atoms. The van der Waals surface area contributed by atoms with Crippen molar-refractivity contribution in [1.82, 2.24) is 14.7 Å². The number of urea groups is 1. The lowest BCUT2D eigenvalue weighted by molar-refractivity contribution is -0.133. The molecule has 0 unspecified atom stereocenters. The molecule has 0 atom stereocenters. The normalized spacial score (nSPS) is 13.7. The Morgan fingerprint density at radius 3 is 2.45 bits per heavy atom. The third kappa shape index (κ3) is 7.94. The van der Waals surface area contributed by atoms with E-state index in [-0.39, 0.29) is 18.5 Å². The van der Waals surface area contributed by atoms with Crippen LogP contribution in [0.4, 0.5) is 10.5 Å². The number of nitrogens with one attached hydrogen (secondary N) is 1. The van der Waals surface area contributed by atoms with Gasteiger partial charge in [-0.15, -0.1) is 0 Å². The van der Waals surface area contributed by atoms with Crippen LogP contribution in [0.15, 0.2) is 71.3 Å². The number of nitrogens with zero attached hydrogens (tertiary/aromatic N) is 3. The van der Waals surface area contributed by atoms with E-state index in [1.165, 1.54) is 0 Å². The van der Waals surface area contributed by atoms with Crippen LogP contribution in [0.1, 0.15) is 28.9 Å². The molecule has 0 radical (unpaired) electrons. The largest absolute Gasteiger partial charge is 0.467 e. The molecule has 8 heteroatoms. The van der Waals surface area contributed by atoms with Crippen molar-refractivity contribution in [3.63, 3.8) is 0 Å². The van der Waals surface area contributed by atoms with Crippen LogP contribution in [-0.4, -0.2) is 72.6 Å². The number of morpholine rings is 1. The summed E-state index contributed by atoms with van der Waals surface area (Å²) in [7, 11) is 0. The van der Waals surface area contributed by atoms with Crippen molar-refractivity contribution in [3.05, 3.63) is 89.4 Å². The summed E-state index contributed by atoms with van der Waals surface area (Å²) in [5, 5.41) is 3.04. The van der Waals surface area contributed by atoms with Gasteiger partial charge >= 0.3 is 6.03 Å². The molecule has 1 fully saturated rings. The van der Waals surface area contributed by atoms with Crippen LogP contribution < -0.4 is 5.32 Å². The predicted molar refractivity (Wildman–Crippen MR) is 148 cm³/mol. The molecule has 0 saturated carbocycles. The molecular weight excluding hydrogens is 480 g/mol. The average Bonchev–Trinajstić information content (AvgIpc) is 3.45.